The van der Waals surface area contributed by atoms with E-state index >= 15 is 0 Å². The van der Waals surface area contributed by atoms with Gasteiger partial charge in [-0.3, -0.25) is 9.69 Å². The fraction of sp³-hybridized carbons (Fsp3) is 0.588. The van der Waals surface area contributed by atoms with Crippen LogP contribution in [-0.2, 0) is 11.3 Å². The highest BCUT2D eigenvalue weighted by Gasteiger charge is 2.38. The Morgan fingerprint density at radius 2 is 2.19 bits per heavy atom. The first-order valence-electron chi connectivity index (χ1n) is 7.51. The number of halogens is 1. The molecule has 116 valence electrons. The SMILES string of the molecule is Cc1ccc(CN2CCCC(C(C)(C)C(=O)O)C2)cc1Br. The van der Waals surface area contributed by atoms with Crippen molar-refractivity contribution in [3.8, 4) is 0 Å². The van der Waals surface area contributed by atoms with Gasteiger partial charge in [0, 0.05) is 17.6 Å². The molecule has 1 fully saturated rings. The van der Waals surface area contributed by atoms with E-state index in [0.29, 0.717) is 0 Å². The molecule has 0 spiro atoms. The van der Waals surface area contributed by atoms with Gasteiger partial charge in [-0.25, -0.2) is 0 Å². The first kappa shape index (κ1) is 16.5. The monoisotopic (exact) mass is 353 g/mol. The van der Waals surface area contributed by atoms with E-state index in [9.17, 15) is 9.90 Å². The zero-order valence-corrected chi connectivity index (χ0v) is 14.6. The van der Waals surface area contributed by atoms with E-state index in [1.54, 1.807) is 0 Å². The molecule has 0 saturated carbocycles. The summed E-state index contributed by atoms with van der Waals surface area (Å²) in [6.07, 6.45) is 2.09. The molecule has 1 unspecified atom stereocenters. The minimum absolute atomic E-state index is 0.220. The lowest BCUT2D eigenvalue weighted by Gasteiger charge is -2.39. The van der Waals surface area contributed by atoms with E-state index in [2.05, 4.69) is 46.0 Å². The summed E-state index contributed by atoms with van der Waals surface area (Å²) in [5.74, 6) is -0.468. The predicted octanol–water partition coefficient (Wildman–Crippen LogP) is 4.08. The van der Waals surface area contributed by atoms with Crippen molar-refractivity contribution in [3.63, 3.8) is 0 Å². The lowest BCUT2D eigenvalue weighted by atomic mass is 9.74. The number of aryl methyl sites for hydroxylation is 1. The molecule has 1 saturated heterocycles. The van der Waals surface area contributed by atoms with Crippen LogP contribution >= 0.6 is 15.9 Å². The molecule has 2 rings (SSSR count). The molecule has 1 heterocycles. The van der Waals surface area contributed by atoms with E-state index in [1.165, 1.54) is 11.1 Å². The predicted molar refractivity (Wildman–Crippen MR) is 88.3 cm³/mol. The molecule has 1 aromatic rings. The fourth-order valence-corrected chi connectivity index (χ4v) is 3.38. The number of hydrogen-bond acceptors (Lipinski definition) is 2. The molecule has 3 nitrogen and oxygen atoms in total. The van der Waals surface area contributed by atoms with E-state index in [-0.39, 0.29) is 5.92 Å². The first-order chi connectivity index (χ1) is 9.80. The van der Waals surface area contributed by atoms with E-state index in [4.69, 9.17) is 0 Å². The Bertz CT molecular complexity index is 528. The van der Waals surface area contributed by atoms with Crippen molar-refractivity contribution in [3.05, 3.63) is 33.8 Å². The summed E-state index contributed by atoms with van der Waals surface area (Å²) in [5.41, 5.74) is 1.87. The Kier molecular flexibility index (Phi) is 5.10. The first-order valence-corrected chi connectivity index (χ1v) is 8.31. The van der Waals surface area contributed by atoms with Gasteiger partial charge in [0.05, 0.1) is 5.41 Å². The van der Waals surface area contributed by atoms with Crippen LogP contribution < -0.4 is 0 Å². The van der Waals surface area contributed by atoms with Gasteiger partial charge in [-0.05, 0) is 63.3 Å². The van der Waals surface area contributed by atoms with Crippen molar-refractivity contribution in [2.75, 3.05) is 13.1 Å². The van der Waals surface area contributed by atoms with Crippen molar-refractivity contribution in [2.45, 2.75) is 40.2 Å². The summed E-state index contributed by atoms with van der Waals surface area (Å²) in [7, 11) is 0. The number of benzene rings is 1. The van der Waals surface area contributed by atoms with Gasteiger partial charge in [0.2, 0.25) is 0 Å². The molecule has 0 aromatic heterocycles. The lowest BCUT2D eigenvalue weighted by molar-refractivity contribution is -0.151. The number of carbonyl (C=O) groups is 1. The molecule has 4 heteroatoms. The number of carboxylic acids is 1. The van der Waals surface area contributed by atoms with Gasteiger partial charge in [-0.1, -0.05) is 28.1 Å². The zero-order valence-electron chi connectivity index (χ0n) is 13.0. The van der Waals surface area contributed by atoms with Crippen LogP contribution in [0, 0.1) is 18.3 Å². The van der Waals surface area contributed by atoms with Gasteiger partial charge in [-0.15, -0.1) is 0 Å². The van der Waals surface area contributed by atoms with Crippen molar-refractivity contribution in [1.82, 2.24) is 4.90 Å². The third-order valence-corrected chi connectivity index (χ3v) is 5.57. The van der Waals surface area contributed by atoms with Crippen LogP contribution in [0.3, 0.4) is 0 Å². The lowest BCUT2D eigenvalue weighted by Crippen LogP contribution is -2.44. The Morgan fingerprint density at radius 1 is 1.48 bits per heavy atom. The molecule has 1 N–H and O–H groups in total. The van der Waals surface area contributed by atoms with Crippen molar-refractivity contribution in [2.24, 2.45) is 11.3 Å². The molecule has 0 aliphatic carbocycles. The highest BCUT2D eigenvalue weighted by molar-refractivity contribution is 9.10. The highest BCUT2D eigenvalue weighted by atomic mass is 79.9. The number of likely N-dealkylation sites (tertiary alicyclic amines) is 1. The second kappa shape index (κ2) is 6.49. The topological polar surface area (TPSA) is 40.5 Å². The van der Waals surface area contributed by atoms with Crippen LogP contribution in [0.4, 0.5) is 0 Å². The Hall–Kier alpha value is -0.870. The van der Waals surface area contributed by atoms with Gasteiger partial charge in [0.1, 0.15) is 0 Å². The Labute approximate surface area is 135 Å². The minimum Gasteiger partial charge on any atom is -0.481 e. The molecule has 1 aliphatic rings. The molecule has 0 amide bonds. The van der Waals surface area contributed by atoms with Gasteiger partial charge >= 0.3 is 5.97 Å². The molecule has 0 radical (unpaired) electrons. The van der Waals surface area contributed by atoms with Crippen LogP contribution in [0.5, 0.6) is 0 Å². The van der Waals surface area contributed by atoms with E-state index in [1.807, 2.05) is 13.8 Å². The number of piperidine rings is 1. The van der Waals surface area contributed by atoms with Gasteiger partial charge in [-0.2, -0.15) is 0 Å². The van der Waals surface area contributed by atoms with E-state index < -0.39 is 11.4 Å². The molecular weight excluding hydrogens is 330 g/mol. The molecule has 0 bridgehead atoms. The normalized spacial score (nSPS) is 20.5. The quantitative estimate of drug-likeness (QED) is 0.886. The summed E-state index contributed by atoms with van der Waals surface area (Å²) in [4.78, 5) is 13.8. The number of rotatable bonds is 4. The highest BCUT2D eigenvalue weighted by Crippen LogP contribution is 2.34. The van der Waals surface area contributed by atoms with Crippen LogP contribution in [0.15, 0.2) is 22.7 Å². The molecule has 1 aliphatic heterocycles. The average molecular weight is 354 g/mol. The largest absolute Gasteiger partial charge is 0.481 e. The number of hydrogen-bond donors (Lipinski definition) is 1. The van der Waals surface area contributed by atoms with Gasteiger partial charge < -0.3 is 5.11 Å². The number of carboxylic acid groups (broad SMARTS) is 1. The third-order valence-electron chi connectivity index (χ3n) is 4.72. The van der Waals surface area contributed by atoms with E-state index in [0.717, 1.165) is 36.9 Å². The van der Waals surface area contributed by atoms with Gasteiger partial charge in [0.15, 0.2) is 0 Å². The summed E-state index contributed by atoms with van der Waals surface area (Å²) in [6.45, 7) is 8.60. The standard InChI is InChI=1S/C17H24BrNO2/c1-12-6-7-13(9-15(12)18)10-19-8-4-5-14(11-19)17(2,3)16(20)21/h6-7,9,14H,4-5,8,10-11H2,1-3H3,(H,20,21). The van der Waals surface area contributed by atoms with Crippen molar-refractivity contribution in [1.29, 1.82) is 0 Å². The zero-order chi connectivity index (χ0) is 15.6. The Morgan fingerprint density at radius 3 is 2.81 bits per heavy atom. The Balaban J connectivity index is 2.04. The smallest absolute Gasteiger partial charge is 0.309 e. The van der Waals surface area contributed by atoms with Crippen molar-refractivity contribution < 1.29 is 9.90 Å². The second-order valence-electron chi connectivity index (χ2n) is 6.68. The molecule has 21 heavy (non-hydrogen) atoms. The molecular formula is C17H24BrNO2. The molecule has 1 atom stereocenters. The van der Waals surface area contributed by atoms with Crippen molar-refractivity contribution >= 4 is 21.9 Å². The summed E-state index contributed by atoms with van der Waals surface area (Å²) in [5, 5.41) is 9.41. The summed E-state index contributed by atoms with van der Waals surface area (Å²) < 4.78 is 1.14. The maximum absolute atomic E-state index is 11.4. The van der Waals surface area contributed by atoms with Crippen LogP contribution in [0.1, 0.15) is 37.8 Å². The maximum Gasteiger partial charge on any atom is 0.309 e. The average Bonchev–Trinajstić information content (AvgIpc) is 2.43. The molecule has 1 aromatic carbocycles. The number of aliphatic carboxylic acids is 1. The second-order valence-corrected chi connectivity index (χ2v) is 7.54. The summed E-state index contributed by atoms with van der Waals surface area (Å²) in [6, 6.07) is 6.45. The number of nitrogens with zero attached hydrogens (tertiary/aromatic N) is 1. The maximum atomic E-state index is 11.4. The van der Waals surface area contributed by atoms with Crippen LogP contribution in [0.25, 0.3) is 0 Å². The van der Waals surface area contributed by atoms with Crippen LogP contribution in [-0.4, -0.2) is 29.1 Å². The van der Waals surface area contributed by atoms with Crippen LogP contribution in [0.2, 0.25) is 0 Å². The third kappa shape index (κ3) is 3.86. The summed E-state index contributed by atoms with van der Waals surface area (Å²) >= 11 is 3.58. The minimum atomic E-state index is -0.688. The fourth-order valence-electron chi connectivity index (χ4n) is 2.96. The van der Waals surface area contributed by atoms with Gasteiger partial charge in [0.25, 0.3) is 0 Å².